The molecule has 2 N–H and O–H groups in total. The summed E-state index contributed by atoms with van der Waals surface area (Å²) in [5.41, 5.74) is 7.45. The normalized spacial score (nSPS) is 10.3. The van der Waals surface area contributed by atoms with Crippen molar-refractivity contribution in [1.29, 1.82) is 0 Å². The van der Waals surface area contributed by atoms with Gasteiger partial charge in [0.05, 0.1) is 4.47 Å². The zero-order valence-corrected chi connectivity index (χ0v) is 14.1. The van der Waals surface area contributed by atoms with Gasteiger partial charge in [0.15, 0.2) is 0 Å². The molecule has 98 valence electrons. The molecule has 0 spiro atoms. The van der Waals surface area contributed by atoms with E-state index in [1.807, 2.05) is 43.3 Å². The van der Waals surface area contributed by atoms with Crippen LogP contribution in [0, 0.1) is 6.92 Å². The Balaban J connectivity index is 2.31. The summed E-state index contributed by atoms with van der Waals surface area (Å²) in [5.74, 6) is 1.54. The second-order valence-electron chi connectivity index (χ2n) is 4.02. The van der Waals surface area contributed by atoms with Crippen LogP contribution in [0.4, 0.5) is 0 Å². The van der Waals surface area contributed by atoms with Gasteiger partial charge in [-0.3, -0.25) is 0 Å². The van der Waals surface area contributed by atoms with Crippen LogP contribution in [0.2, 0.25) is 0 Å². The highest BCUT2D eigenvalue weighted by Gasteiger charge is 2.07. The van der Waals surface area contributed by atoms with Crippen molar-refractivity contribution in [2.75, 3.05) is 0 Å². The molecule has 5 heteroatoms. The van der Waals surface area contributed by atoms with Gasteiger partial charge >= 0.3 is 0 Å². The molecule has 0 heterocycles. The number of halogens is 2. The van der Waals surface area contributed by atoms with Crippen LogP contribution in [0.3, 0.4) is 0 Å². The summed E-state index contributed by atoms with van der Waals surface area (Å²) in [5, 5.41) is 0. The number of thiocarbonyl (C=S) groups is 1. The van der Waals surface area contributed by atoms with Crippen LogP contribution in [0.5, 0.6) is 11.5 Å². The van der Waals surface area contributed by atoms with E-state index in [-0.39, 0.29) is 0 Å². The lowest BCUT2D eigenvalue weighted by atomic mass is 10.2. The number of nitrogens with two attached hydrogens (primary N) is 1. The Bertz CT molecular complexity index is 643. The highest BCUT2D eigenvalue weighted by Crippen LogP contribution is 2.33. The summed E-state index contributed by atoms with van der Waals surface area (Å²) in [6, 6.07) is 11.4. The fraction of sp³-hybridized carbons (Fsp3) is 0.0714. The Morgan fingerprint density at radius 2 is 1.79 bits per heavy atom. The predicted octanol–water partition coefficient (Wildman–Crippen LogP) is 4.95. The maximum absolute atomic E-state index is 5.88. The van der Waals surface area contributed by atoms with Crippen molar-refractivity contribution in [2.45, 2.75) is 6.92 Å². The van der Waals surface area contributed by atoms with Gasteiger partial charge in [-0.05, 0) is 64.8 Å². The van der Waals surface area contributed by atoms with E-state index in [1.54, 1.807) is 0 Å². The van der Waals surface area contributed by atoms with E-state index < -0.39 is 0 Å². The predicted molar refractivity (Wildman–Crippen MR) is 89.0 cm³/mol. The molecule has 0 aliphatic rings. The summed E-state index contributed by atoms with van der Waals surface area (Å²) < 4.78 is 7.73. The highest BCUT2D eigenvalue weighted by atomic mass is 79.9. The van der Waals surface area contributed by atoms with Crippen molar-refractivity contribution in [3.05, 3.63) is 56.5 Å². The first-order valence-electron chi connectivity index (χ1n) is 5.51. The SMILES string of the molecule is Cc1cc(Br)ccc1Oc1ccc(C(N)=S)cc1Br. The lowest BCUT2D eigenvalue weighted by molar-refractivity contribution is 0.476. The number of hydrogen-bond acceptors (Lipinski definition) is 2. The molecule has 0 atom stereocenters. The van der Waals surface area contributed by atoms with Gasteiger partial charge in [0.1, 0.15) is 16.5 Å². The van der Waals surface area contributed by atoms with Crippen molar-refractivity contribution in [1.82, 2.24) is 0 Å². The van der Waals surface area contributed by atoms with E-state index in [1.165, 1.54) is 0 Å². The van der Waals surface area contributed by atoms with Crippen LogP contribution in [0.15, 0.2) is 45.3 Å². The van der Waals surface area contributed by atoms with E-state index in [4.69, 9.17) is 22.7 Å². The van der Waals surface area contributed by atoms with E-state index in [2.05, 4.69) is 31.9 Å². The van der Waals surface area contributed by atoms with Crippen molar-refractivity contribution in [3.8, 4) is 11.5 Å². The Labute approximate surface area is 134 Å². The van der Waals surface area contributed by atoms with Crippen LogP contribution in [0.25, 0.3) is 0 Å². The lowest BCUT2D eigenvalue weighted by Gasteiger charge is -2.11. The van der Waals surface area contributed by atoms with Gasteiger partial charge in [0.25, 0.3) is 0 Å². The summed E-state index contributed by atoms with van der Waals surface area (Å²) >= 11 is 11.8. The quantitative estimate of drug-likeness (QED) is 0.740. The van der Waals surface area contributed by atoms with Crippen molar-refractivity contribution < 1.29 is 4.74 Å². The smallest absolute Gasteiger partial charge is 0.141 e. The third-order valence-corrected chi connectivity index (χ3v) is 3.92. The molecule has 2 rings (SSSR count). The maximum atomic E-state index is 5.88. The fourth-order valence-electron chi connectivity index (χ4n) is 1.58. The van der Waals surface area contributed by atoms with Crippen molar-refractivity contribution in [3.63, 3.8) is 0 Å². The third-order valence-electron chi connectivity index (χ3n) is 2.57. The number of ether oxygens (including phenoxy) is 1. The number of benzene rings is 2. The topological polar surface area (TPSA) is 35.2 Å². The van der Waals surface area contributed by atoms with E-state index >= 15 is 0 Å². The molecule has 0 amide bonds. The molecule has 0 aromatic heterocycles. The van der Waals surface area contributed by atoms with Gasteiger partial charge < -0.3 is 10.5 Å². The van der Waals surface area contributed by atoms with Crippen LogP contribution in [-0.2, 0) is 0 Å². The lowest BCUT2D eigenvalue weighted by Crippen LogP contribution is -2.09. The molecular weight excluding hydrogens is 390 g/mol. The van der Waals surface area contributed by atoms with Gasteiger partial charge in [0.2, 0.25) is 0 Å². The zero-order valence-electron chi connectivity index (χ0n) is 10.1. The largest absolute Gasteiger partial charge is 0.456 e. The van der Waals surface area contributed by atoms with Gasteiger partial charge in [-0.25, -0.2) is 0 Å². The molecule has 0 saturated carbocycles. The van der Waals surface area contributed by atoms with E-state index in [0.29, 0.717) is 4.99 Å². The number of aryl methyl sites for hydroxylation is 1. The molecule has 0 unspecified atom stereocenters. The fourth-order valence-corrected chi connectivity index (χ4v) is 2.64. The summed E-state index contributed by atoms with van der Waals surface area (Å²) in [6.45, 7) is 2.00. The van der Waals surface area contributed by atoms with Crippen LogP contribution >= 0.6 is 44.1 Å². The van der Waals surface area contributed by atoms with Gasteiger partial charge in [-0.2, -0.15) is 0 Å². The molecule has 0 saturated heterocycles. The first kappa shape index (κ1) is 14.5. The van der Waals surface area contributed by atoms with Crippen molar-refractivity contribution >= 4 is 49.1 Å². The van der Waals surface area contributed by atoms with Crippen molar-refractivity contribution in [2.24, 2.45) is 5.73 Å². The second kappa shape index (κ2) is 6.03. The highest BCUT2D eigenvalue weighted by molar-refractivity contribution is 9.10. The molecule has 2 nitrogen and oxygen atoms in total. The Hall–Kier alpha value is -0.910. The van der Waals surface area contributed by atoms with Crippen LogP contribution < -0.4 is 10.5 Å². The molecule has 0 aliphatic carbocycles. The van der Waals surface area contributed by atoms with Gasteiger partial charge in [0, 0.05) is 10.0 Å². The average Bonchev–Trinajstić information content (AvgIpc) is 2.34. The Morgan fingerprint density at radius 1 is 1.11 bits per heavy atom. The standard InChI is InChI=1S/C14H11Br2NOS/c1-8-6-10(15)3-5-12(8)18-13-4-2-9(14(17)19)7-11(13)16/h2-7H,1H3,(H2,17,19). The summed E-state index contributed by atoms with van der Waals surface area (Å²) in [6.07, 6.45) is 0. The molecular formula is C14H11Br2NOS. The van der Waals surface area contributed by atoms with Gasteiger partial charge in [-0.15, -0.1) is 0 Å². The maximum Gasteiger partial charge on any atom is 0.141 e. The molecule has 0 aliphatic heterocycles. The van der Waals surface area contributed by atoms with Crippen LogP contribution in [-0.4, -0.2) is 4.99 Å². The number of rotatable bonds is 3. The van der Waals surface area contributed by atoms with Crippen LogP contribution in [0.1, 0.15) is 11.1 Å². The first-order chi connectivity index (χ1) is 8.97. The minimum atomic E-state index is 0.368. The summed E-state index contributed by atoms with van der Waals surface area (Å²) in [7, 11) is 0. The molecule has 0 bridgehead atoms. The molecule has 2 aromatic rings. The Morgan fingerprint density at radius 3 is 2.37 bits per heavy atom. The molecule has 0 radical (unpaired) electrons. The third kappa shape index (κ3) is 3.55. The minimum absolute atomic E-state index is 0.368. The molecule has 0 fully saturated rings. The molecule has 19 heavy (non-hydrogen) atoms. The summed E-state index contributed by atoms with van der Waals surface area (Å²) in [4.78, 5) is 0.368. The monoisotopic (exact) mass is 399 g/mol. The first-order valence-corrected chi connectivity index (χ1v) is 7.50. The van der Waals surface area contributed by atoms with Gasteiger partial charge in [-0.1, -0.05) is 28.1 Å². The molecule has 2 aromatic carbocycles. The zero-order chi connectivity index (χ0) is 14.0. The Kier molecular flexibility index (Phi) is 4.60. The van der Waals surface area contributed by atoms with E-state index in [9.17, 15) is 0 Å². The average molecular weight is 401 g/mol. The minimum Gasteiger partial charge on any atom is -0.456 e. The van der Waals surface area contributed by atoms with E-state index in [0.717, 1.165) is 31.6 Å². The second-order valence-corrected chi connectivity index (χ2v) is 6.23. The number of hydrogen-bond donors (Lipinski definition) is 1.